The first-order valence-corrected chi connectivity index (χ1v) is 11.1. The predicted molar refractivity (Wildman–Crippen MR) is 110 cm³/mol. The van der Waals surface area contributed by atoms with E-state index in [2.05, 4.69) is 6.92 Å². The molecule has 2 fully saturated rings. The quantitative estimate of drug-likeness (QED) is 0.570. The van der Waals surface area contributed by atoms with Crippen molar-refractivity contribution in [3.8, 4) is 5.75 Å². The molecule has 2 saturated heterocycles. The lowest BCUT2D eigenvalue weighted by molar-refractivity contribution is -0.191. The van der Waals surface area contributed by atoms with Crippen LogP contribution in [0.15, 0.2) is 24.3 Å². The molecule has 3 rings (SSSR count). The van der Waals surface area contributed by atoms with Crippen LogP contribution in [0.1, 0.15) is 26.3 Å². The van der Waals surface area contributed by atoms with E-state index in [-0.39, 0.29) is 43.1 Å². The fraction of sp³-hybridized carbons (Fsp3) is 0.714. The summed E-state index contributed by atoms with van der Waals surface area (Å²) in [4.78, 5) is 0. The number of thioether (sulfide) groups is 1. The Kier molecular flexibility index (Phi) is 8.21. The van der Waals surface area contributed by atoms with Crippen molar-refractivity contribution < 1.29 is 33.5 Å². The summed E-state index contributed by atoms with van der Waals surface area (Å²) in [6.45, 7) is 6.92. The first-order chi connectivity index (χ1) is 14.0. The van der Waals surface area contributed by atoms with Crippen molar-refractivity contribution in [1.29, 1.82) is 0 Å². The first-order valence-electron chi connectivity index (χ1n) is 10.0. The molecular formula is C21H32O7S. The Labute approximate surface area is 176 Å². The zero-order valence-electron chi connectivity index (χ0n) is 17.5. The molecule has 7 nitrogen and oxygen atoms in total. The van der Waals surface area contributed by atoms with Crippen LogP contribution in [-0.2, 0) is 30.3 Å². The molecule has 2 aliphatic rings. The van der Waals surface area contributed by atoms with Gasteiger partial charge in [0.05, 0.1) is 33.5 Å². The van der Waals surface area contributed by atoms with E-state index in [1.54, 1.807) is 18.9 Å². The predicted octanol–water partition coefficient (Wildman–Crippen LogP) is 2.59. The van der Waals surface area contributed by atoms with Crippen molar-refractivity contribution in [2.24, 2.45) is 0 Å². The second-order valence-electron chi connectivity index (χ2n) is 7.49. The Balaban J connectivity index is 1.72. The largest absolute Gasteiger partial charge is 0.497 e. The molecule has 0 radical (unpaired) electrons. The minimum atomic E-state index is -0.721. The second-order valence-corrected chi connectivity index (χ2v) is 8.86. The van der Waals surface area contributed by atoms with Crippen LogP contribution in [0.25, 0.3) is 0 Å². The molecule has 29 heavy (non-hydrogen) atoms. The summed E-state index contributed by atoms with van der Waals surface area (Å²) in [5.74, 6) is 0.981. The summed E-state index contributed by atoms with van der Waals surface area (Å²) < 4.78 is 35.8. The fourth-order valence-electron chi connectivity index (χ4n) is 3.62. The lowest BCUT2D eigenvalue weighted by Crippen LogP contribution is -2.57. The molecule has 0 saturated carbocycles. The third-order valence-corrected chi connectivity index (χ3v) is 5.92. The number of rotatable bonds is 10. The molecule has 0 spiro atoms. The molecule has 164 valence electrons. The van der Waals surface area contributed by atoms with E-state index in [4.69, 9.17) is 33.5 Å². The highest BCUT2D eigenvalue weighted by Crippen LogP contribution is 2.41. The van der Waals surface area contributed by atoms with Crippen molar-refractivity contribution in [1.82, 2.24) is 0 Å². The third-order valence-electron chi connectivity index (χ3n) is 4.88. The number of methoxy groups -OCH3 is 1. The molecule has 0 amide bonds. The zero-order valence-corrected chi connectivity index (χ0v) is 18.4. The third kappa shape index (κ3) is 5.85. The summed E-state index contributed by atoms with van der Waals surface area (Å²) >= 11 is 1.69. The molecule has 2 aliphatic heterocycles. The van der Waals surface area contributed by atoms with E-state index in [1.807, 2.05) is 38.1 Å². The maximum atomic E-state index is 9.00. The Morgan fingerprint density at radius 1 is 1.14 bits per heavy atom. The van der Waals surface area contributed by atoms with Crippen molar-refractivity contribution in [2.45, 2.75) is 63.0 Å². The minimum absolute atomic E-state index is 0.0234. The molecule has 2 heterocycles. The molecule has 0 aromatic heterocycles. The van der Waals surface area contributed by atoms with Crippen molar-refractivity contribution >= 4 is 11.8 Å². The normalized spacial score (nSPS) is 30.9. The summed E-state index contributed by atoms with van der Waals surface area (Å²) in [5, 5.41) is 9.00. The van der Waals surface area contributed by atoms with E-state index in [1.165, 1.54) is 0 Å². The smallest absolute Gasteiger partial charge is 0.164 e. The number of ether oxygens (including phenoxy) is 6. The molecule has 1 aromatic rings. The van der Waals surface area contributed by atoms with Gasteiger partial charge in [0.1, 0.15) is 35.6 Å². The maximum absolute atomic E-state index is 9.00. The van der Waals surface area contributed by atoms with Crippen molar-refractivity contribution in [2.75, 3.05) is 32.7 Å². The monoisotopic (exact) mass is 428 g/mol. The topological polar surface area (TPSA) is 75.6 Å². The van der Waals surface area contributed by atoms with E-state index in [0.717, 1.165) is 17.1 Å². The summed E-state index contributed by atoms with van der Waals surface area (Å²) in [5.41, 5.74) is 0.855. The lowest BCUT2D eigenvalue weighted by Gasteiger charge is -2.41. The van der Waals surface area contributed by atoms with Crippen LogP contribution >= 0.6 is 11.8 Å². The van der Waals surface area contributed by atoms with Gasteiger partial charge in [-0.3, -0.25) is 0 Å². The van der Waals surface area contributed by atoms with Gasteiger partial charge in [0.25, 0.3) is 0 Å². The van der Waals surface area contributed by atoms with Crippen LogP contribution in [0, 0.1) is 0 Å². The van der Waals surface area contributed by atoms with Gasteiger partial charge >= 0.3 is 0 Å². The number of hydrogen-bond acceptors (Lipinski definition) is 8. The Morgan fingerprint density at radius 2 is 1.86 bits per heavy atom. The van der Waals surface area contributed by atoms with Gasteiger partial charge in [-0.1, -0.05) is 19.1 Å². The SMILES string of the molecule is CCS[C@@H]1O[C@H](COCCO)[C@@H]2OC(C)(C)O[C@@H]2[C@H]1OCc1ccc(OC)cc1. The van der Waals surface area contributed by atoms with Gasteiger partial charge in [-0.25, -0.2) is 0 Å². The van der Waals surface area contributed by atoms with Crippen LogP contribution in [0.5, 0.6) is 5.75 Å². The van der Waals surface area contributed by atoms with Gasteiger partial charge in [-0.15, -0.1) is 11.8 Å². The van der Waals surface area contributed by atoms with Gasteiger partial charge in [0.15, 0.2) is 5.79 Å². The van der Waals surface area contributed by atoms with Crippen LogP contribution < -0.4 is 4.74 Å². The van der Waals surface area contributed by atoms with E-state index in [9.17, 15) is 0 Å². The molecule has 0 aliphatic carbocycles. The van der Waals surface area contributed by atoms with E-state index in [0.29, 0.717) is 13.2 Å². The Bertz CT molecular complexity index is 624. The summed E-state index contributed by atoms with van der Waals surface area (Å²) in [6, 6.07) is 7.82. The highest BCUT2D eigenvalue weighted by atomic mass is 32.2. The van der Waals surface area contributed by atoms with Crippen LogP contribution in [0.2, 0.25) is 0 Å². The van der Waals surface area contributed by atoms with Gasteiger partial charge < -0.3 is 33.5 Å². The molecule has 5 atom stereocenters. The summed E-state index contributed by atoms with van der Waals surface area (Å²) in [7, 11) is 1.65. The highest BCUT2D eigenvalue weighted by molar-refractivity contribution is 7.99. The molecule has 8 heteroatoms. The molecule has 1 aromatic carbocycles. The van der Waals surface area contributed by atoms with Crippen LogP contribution in [0.3, 0.4) is 0 Å². The standard InChI is InChI=1S/C21H32O7S/c1-5-29-20-19(25-12-14-6-8-15(23-4)9-7-14)18-17(27-21(2,3)28-18)16(26-20)13-24-11-10-22/h6-9,16-20,22H,5,10-13H2,1-4H3/t16-,17+,18+,19-,20+/m1/s1. The fourth-order valence-corrected chi connectivity index (χ4v) is 4.60. The lowest BCUT2D eigenvalue weighted by atomic mass is 10.00. The van der Waals surface area contributed by atoms with Gasteiger partial charge in [-0.2, -0.15) is 0 Å². The van der Waals surface area contributed by atoms with Gasteiger partial charge in [0, 0.05) is 0 Å². The van der Waals surface area contributed by atoms with E-state index >= 15 is 0 Å². The minimum Gasteiger partial charge on any atom is -0.497 e. The van der Waals surface area contributed by atoms with Crippen molar-refractivity contribution in [3.63, 3.8) is 0 Å². The number of fused-ring (bicyclic) bond motifs is 1. The van der Waals surface area contributed by atoms with Crippen LogP contribution in [0.4, 0.5) is 0 Å². The second kappa shape index (κ2) is 10.4. The number of benzene rings is 1. The Morgan fingerprint density at radius 3 is 2.52 bits per heavy atom. The molecule has 1 N–H and O–H groups in total. The Hall–Kier alpha value is -0.870. The highest BCUT2D eigenvalue weighted by Gasteiger charge is 2.55. The molecule has 0 bridgehead atoms. The average Bonchev–Trinajstić information content (AvgIpc) is 3.03. The average molecular weight is 429 g/mol. The molecular weight excluding hydrogens is 396 g/mol. The number of aliphatic hydroxyl groups excluding tert-OH is 1. The number of aliphatic hydroxyl groups is 1. The zero-order chi connectivity index (χ0) is 20.9. The maximum Gasteiger partial charge on any atom is 0.164 e. The van der Waals surface area contributed by atoms with Crippen molar-refractivity contribution in [3.05, 3.63) is 29.8 Å². The van der Waals surface area contributed by atoms with Gasteiger partial charge in [-0.05, 0) is 37.3 Å². The van der Waals surface area contributed by atoms with E-state index < -0.39 is 5.79 Å². The molecule has 0 unspecified atom stereocenters. The first kappa shape index (κ1) is 22.8. The van der Waals surface area contributed by atoms with Crippen LogP contribution in [-0.4, -0.2) is 73.4 Å². The van der Waals surface area contributed by atoms with Gasteiger partial charge in [0.2, 0.25) is 0 Å². The summed E-state index contributed by atoms with van der Waals surface area (Å²) in [6.07, 6.45) is -1.11. The number of hydrogen-bond donors (Lipinski definition) is 1.